The molecule has 7 nitrogen and oxygen atoms in total. The molecule has 2 atom stereocenters. The molecule has 0 radical (unpaired) electrons. The van der Waals surface area contributed by atoms with Crippen LogP contribution in [-0.2, 0) is 9.59 Å². The second-order valence-corrected chi connectivity index (χ2v) is 8.99. The van der Waals surface area contributed by atoms with Crippen molar-refractivity contribution in [2.45, 2.75) is 31.1 Å². The molecule has 1 heterocycles. The minimum Gasteiger partial charge on any atom is -0.496 e. The third-order valence-electron chi connectivity index (χ3n) is 6.26. The van der Waals surface area contributed by atoms with Gasteiger partial charge in [-0.15, -0.1) is 0 Å². The maximum atomic E-state index is 13.5. The van der Waals surface area contributed by atoms with Crippen LogP contribution < -0.4 is 24.3 Å². The number of halogens is 1. The number of benzene rings is 2. The zero-order valence-electron chi connectivity index (χ0n) is 19.0. The summed E-state index contributed by atoms with van der Waals surface area (Å²) in [6.45, 7) is 0. The van der Waals surface area contributed by atoms with Gasteiger partial charge in [-0.3, -0.25) is 9.59 Å². The van der Waals surface area contributed by atoms with Crippen molar-refractivity contribution in [2.75, 3.05) is 28.4 Å². The quantitative estimate of drug-likeness (QED) is 0.610. The monoisotopic (exact) mass is 515 g/mol. The Morgan fingerprint density at radius 2 is 1.52 bits per heavy atom. The van der Waals surface area contributed by atoms with Gasteiger partial charge in [-0.05, 0) is 48.2 Å². The van der Waals surface area contributed by atoms with Crippen molar-refractivity contribution in [3.05, 3.63) is 57.2 Å². The van der Waals surface area contributed by atoms with Crippen molar-refractivity contribution >= 4 is 27.6 Å². The summed E-state index contributed by atoms with van der Waals surface area (Å²) in [5.74, 6) is 1.64. The van der Waals surface area contributed by atoms with Crippen LogP contribution in [0.15, 0.2) is 46.1 Å². The lowest BCUT2D eigenvalue weighted by atomic mass is 9.73. The van der Waals surface area contributed by atoms with E-state index in [0.717, 1.165) is 15.6 Å². The van der Waals surface area contributed by atoms with Gasteiger partial charge in [0, 0.05) is 40.1 Å². The number of carbonyl (C=O) groups excluding carboxylic acids is 2. The van der Waals surface area contributed by atoms with Crippen LogP contribution in [0.5, 0.6) is 23.0 Å². The summed E-state index contributed by atoms with van der Waals surface area (Å²) >= 11 is 3.50. The highest BCUT2D eigenvalue weighted by molar-refractivity contribution is 9.10. The number of methoxy groups -OCH3 is 4. The number of allylic oxidation sites excluding steroid dienone is 2. The molecule has 33 heavy (non-hydrogen) atoms. The van der Waals surface area contributed by atoms with E-state index in [-0.39, 0.29) is 29.9 Å². The number of ether oxygens (including phenoxy) is 4. The Morgan fingerprint density at radius 3 is 2.12 bits per heavy atom. The van der Waals surface area contributed by atoms with Gasteiger partial charge in [0.25, 0.3) is 0 Å². The van der Waals surface area contributed by atoms with Gasteiger partial charge in [0.1, 0.15) is 5.75 Å². The lowest BCUT2D eigenvalue weighted by Gasteiger charge is -2.35. The van der Waals surface area contributed by atoms with Gasteiger partial charge < -0.3 is 24.3 Å². The molecule has 0 fully saturated rings. The summed E-state index contributed by atoms with van der Waals surface area (Å²) in [7, 11) is 6.26. The van der Waals surface area contributed by atoms with E-state index < -0.39 is 0 Å². The van der Waals surface area contributed by atoms with Crippen molar-refractivity contribution in [3.63, 3.8) is 0 Å². The Balaban J connectivity index is 1.76. The highest BCUT2D eigenvalue weighted by Crippen LogP contribution is 2.47. The normalized spacial score (nSPS) is 20.2. The molecule has 0 spiro atoms. The maximum Gasteiger partial charge on any atom is 0.225 e. The molecule has 1 aliphatic carbocycles. The van der Waals surface area contributed by atoms with E-state index in [2.05, 4.69) is 21.2 Å². The predicted octanol–water partition coefficient (Wildman–Crippen LogP) is 4.49. The van der Waals surface area contributed by atoms with Gasteiger partial charge >= 0.3 is 0 Å². The van der Waals surface area contributed by atoms with E-state index in [9.17, 15) is 9.59 Å². The lowest BCUT2D eigenvalue weighted by molar-refractivity contribution is -0.122. The summed E-state index contributed by atoms with van der Waals surface area (Å²) in [5.41, 5.74) is 3.05. The average Bonchev–Trinajstić information content (AvgIpc) is 2.82. The number of hydrogen-bond donors (Lipinski definition) is 1. The summed E-state index contributed by atoms with van der Waals surface area (Å²) in [6, 6.07) is 9.38. The van der Waals surface area contributed by atoms with E-state index in [0.29, 0.717) is 47.1 Å². The number of hydrogen-bond acceptors (Lipinski definition) is 6. The molecular weight excluding hydrogens is 490 g/mol. The second-order valence-electron chi connectivity index (χ2n) is 8.07. The largest absolute Gasteiger partial charge is 0.496 e. The molecule has 2 aromatic rings. The van der Waals surface area contributed by atoms with Crippen LogP contribution in [0.2, 0.25) is 0 Å². The molecule has 8 heteroatoms. The third-order valence-corrected chi connectivity index (χ3v) is 6.76. The molecule has 2 aromatic carbocycles. The van der Waals surface area contributed by atoms with Crippen molar-refractivity contribution in [1.29, 1.82) is 0 Å². The topological polar surface area (TPSA) is 83.1 Å². The number of Topliss-reactive ketones (excluding diaryl/α,β-unsaturated/α-hetero) is 1. The smallest absolute Gasteiger partial charge is 0.225 e. The summed E-state index contributed by atoms with van der Waals surface area (Å²) in [5, 5.41) is 2.96. The van der Waals surface area contributed by atoms with Gasteiger partial charge in [-0.1, -0.05) is 15.9 Å². The second kappa shape index (κ2) is 9.47. The zero-order valence-corrected chi connectivity index (χ0v) is 20.6. The fourth-order valence-electron chi connectivity index (χ4n) is 4.78. The highest BCUT2D eigenvalue weighted by Gasteiger charge is 2.39. The Bertz CT molecular complexity index is 1120. The molecule has 174 valence electrons. The SMILES string of the molecule is COc1ccc(Br)cc1C1CC(=O)NC2=C1C(=O)CC(c1cc(OC)c(OC)c(OC)c1)C2. The minimum absolute atomic E-state index is 0.0158. The van der Waals surface area contributed by atoms with E-state index >= 15 is 0 Å². The Morgan fingerprint density at radius 1 is 0.848 bits per heavy atom. The van der Waals surface area contributed by atoms with E-state index in [4.69, 9.17) is 18.9 Å². The first-order valence-electron chi connectivity index (χ1n) is 10.6. The van der Waals surface area contributed by atoms with Crippen LogP contribution in [0.4, 0.5) is 0 Å². The standard InChI is InChI=1S/C25H26BrNO6/c1-30-20-6-5-15(26)11-16(20)17-12-23(29)27-18-7-13(8-19(28)24(17)18)14-9-21(31-2)25(33-4)22(10-14)32-3/h5-6,9-11,13,17H,7-8,12H2,1-4H3,(H,27,29). The number of amides is 1. The van der Waals surface area contributed by atoms with Crippen LogP contribution in [0, 0.1) is 0 Å². The van der Waals surface area contributed by atoms with Crippen molar-refractivity contribution in [2.24, 2.45) is 0 Å². The molecule has 0 bridgehead atoms. The molecule has 1 amide bonds. The minimum atomic E-state index is -0.352. The number of rotatable bonds is 6. The molecule has 1 N–H and O–H groups in total. The van der Waals surface area contributed by atoms with Gasteiger partial charge in [0.2, 0.25) is 11.7 Å². The molecule has 2 unspecified atom stereocenters. The zero-order chi connectivity index (χ0) is 23.7. The van der Waals surface area contributed by atoms with Crippen LogP contribution >= 0.6 is 15.9 Å². The number of ketones is 1. The molecule has 2 aliphatic rings. The summed E-state index contributed by atoms with van der Waals surface area (Å²) < 4.78 is 22.8. The van der Waals surface area contributed by atoms with Gasteiger partial charge in [-0.2, -0.15) is 0 Å². The summed E-state index contributed by atoms with van der Waals surface area (Å²) in [6.07, 6.45) is 1.05. The van der Waals surface area contributed by atoms with Crippen LogP contribution in [0.3, 0.4) is 0 Å². The van der Waals surface area contributed by atoms with Gasteiger partial charge in [0.15, 0.2) is 17.3 Å². The number of carbonyl (C=O) groups is 2. The fourth-order valence-corrected chi connectivity index (χ4v) is 5.15. The van der Waals surface area contributed by atoms with Crippen LogP contribution in [-0.4, -0.2) is 40.1 Å². The molecule has 0 aromatic heterocycles. The van der Waals surface area contributed by atoms with E-state index in [1.807, 2.05) is 30.3 Å². The van der Waals surface area contributed by atoms with Gasteiger partial charge in [-0.25, -0.2) is 0 Å². The molecule has 4 rings (SSSR count). The van der Waals surface area contributed by atoms with E-state index in [1.165, 1.54) is 0 Å². The van der Waals surface area contributed by atoms with Gasteiger partial charge in [0.05, 0.1) is 28.4 Å². The first kappa shape index (κ1) is 23.2. The van der Waals surface area contributed by atoms with Crippen LogP contribution in [0.25, 0.3) is 0 Å². The van der Waals surface area contributed by atoms with Crippen molar-refractivity contribution in [3.8, 4) is 23.0 Å². The third kappa shape index (κ3) is 4.31. The maximum absolute atomic E-state index is 13.5. The molecule has 1 aliphatic heterocycles. The first-order valence-corrected chi connectivity index (χ1v) is 11.4. The first-order chi connectivity index (χ1) is 15.9. The lowest BCUT2D eigenvalue weighted by Crippen LogP contribution is -2.38. The Hall–Kier alpha value is -3.00. The Kier molecular flexibility index (Phi) is 6.65. The highest BCUT2D eigenvalue weighted by atomic mass is 79.9. The van der Waals surface area contributed by atoms with Crippen molar-refractivity contribution in [1.82, 2.24) is 5.32 Å². The van der Waals surface area contributed by atoms with Crippen molar-refractivity contribution < 1.29 is 28.5 Å². The molecule has 0 saturated carbocycles. The average molecular weight is 516 g/mol. The van der Waals surface area contributed by atoms with Crippen LogP contribution in [0.1, 0.15) is 42.2 Å². The Labute approximate surface area is 201 Å². The molecular formula is C25H26BrNO6. The molecule has 0 saturated heterocycles. The predicted molar refractivity (Wildman–Crippen MR) is 126 cm³/mol. The number of nitrogens with one attached hydrogen (secondary N) is 1. The summed E-state index contributed by atoms with van der Waals surface area (Å²) in [4.78, 5) is 26.1. The van der Waals surface area contributed by atoms with E-state index in [1.54, 1.807) is 28.4 Å². The fraction of sp³-hybridized carbons (Fsp3) is 0.360.